The Hall–Kier alpha value is -6.24. The number of pyridine rings is 1. The Bertz CT molecular complexity index is 2310. The van der Waals surface area contributed by atoms with Gasteiger partial charge in [0.1, 0.15) is 0 Å². The van der Waals surface area contributed by atoms with E-state index in [4.69, 9.17) is 4.98 Å². The first-order valence-electron chi connectivity index (χ1n) is 16.3. The second-order valence-electron chi connectivity index (χ2n) is 11.9. The van der Waals surface area contributed by atoms with Gasteiger partial charge in [-0.25, -0.2) is 15.0 Å². The fraction of sp³-hybridized carbons (Fsp3) is 0.128. The molecule has 4 aromatic heterocycles. The number of aliphatic hydroxyl groups is 1. The zero-order valence-corrected chi connectivity index (χ0v) is 28.6. The highest BCUT2D eigenvalue weighted by atomic mass is 32.1. The van der Waals surface area contributed by atoms with Crippen LogP contribution in [-0.4, -0.2) is 54.6 Å². The fourth-order valence-electron chi connectivity index (χ4n) is 5.94. The van der Waals surface area contributed by atoms with Crippen LogP contribution in [0.1, 0.15) is 27.5 Å². The number of benzene rings is 3. The van der Waals surface area contributed by atoms with Crippen LogP contribution in [0.5, 0.6) is 0 Å². The molecule has 2 atom stereocenters. The van der Waals surface area contributed by atoms with Crippen molar-refractivity contribution in [3.8, 4) is 22.0 Å². The molecule has 4 heterocycles. The summed E-state index contributed by atoms with van der Waals surface area (Å²) in [5.74, 6) is 0.168. The summed E-state index contributed by atoms with van der Waals surface area (Å²) < 4.78 is 1.92. The molecule has 0 aliphatic heterocycles. The number of fused-ring (bicyclic) bond motifs is 1. The molecule has 3 aromatic carbocycles. The number of nitrogens with one attached hydrogen (secondary N) is 3. The lowest BCUT2D eigenvalue weighted by Crippen LogP contribution is -2.37. The number of amides is 2. The van der Waals surface area contributed by atoms with E-state index in [-0.39, 0.29) is 5.91 Å². The number of carbonyl (C=O) groups is 2. The van der Waals surface area contributed by atoms with E-state index in [9.17, 15) is 14.7 Å². The highest BCUT2D eigenvalue weighted by Crippen LogP contribution is 2.35. The monoisotopic (exact) mass is 694 g/mol. The van der Waals surface area contributed by atoms with Crippen molar-refractivity contribution in [1.29, 1.82) is 0 Å². The third-order valence-corrected chi connectivity index (χ3v) is 9.40. The van der Waals surface area contributed by atoms with Crippen LogP contribution in [0, 0.1) is 6.92 Å². The van der Waals surface area contributed by atoms with Gasteiger partial charge >= 0.3 is 0 Å². The molecule has 0 saturated heterocycles. The molecule has 11 nitrogen and oxygen atoms in total. The maximum atomic E-state index is 14.0. The predicted molar refractivity (Wildman–Crippen MR) is 200 cm³/mol. The summed E-state index contributed by atoms with van der Waals surface area (Å²) >= 11 is 1.50. The van der Waals surface area contributed by atoms with Gasteiger partial charge in [-0.2, -0.15) is 0 Å². The van der Waals surface area contributed by atoms with Crippen molar-refractivity contribution in [3.63, 3.8) is 0 Å². The largest absolute Gasteiger partial charge is 0.381 e. The lowest BCUT2D eigenvalue weighted by molar-refractivity contribution is -0.126. The molecule has 2 unspecified atom stereocenters. The number of hydrogen-bond acceptors (Lipinski definition) is 9. The summed E-state index contributed by atoms with van der Waals surface area (Å²) in [6.07, 6.45) is 3.96. The molecule has 254 valence electrons. The third-order valence-electron chi connectivity index (χ3n) is 8.54. The molecule has 4 N–H and O–H groups in total. The number of hydrogen-bond donors (Lipinski definition) is 4. The lowest BCUT2D eigenvalue weighted by atomic mass is 9.99. The van der Waals surface area contributed by atoms with Crippen molar-refractivity contribution >= 4 is 51.5 Å². The molecule has 0 radical (unpaired) electrons. The first kappa shape index (κ1) is 33.3. The number of anilines is 3. The summed E-state index contributed by atoms with van der Waals surface area (Å²) in [4.78, 5) is 45.5. The molecule has 7 aromatic rings. The van der Waals surface area contributed by atoms with Crippen LogP contribution in [0.25, 0.3) is 33.0 Å². The smallest absolute Gasteiger partial charge is 0.255 e. The number of thiophene rings is 1. The third kappa shape index (κ3) is 7.23. The second kappa shape index (κ2) is 14.7. The average molecular weight is 695 g/mol. The van der Waals surface area contributed by atoms with Crippen LogP contribution in [0.2, 0.25) is 0 Å². The summed E-state index contributed by atoms with van der Waals surface area (Å²) in [6.45, 7) is 1.94. The second-order valence-corrected chi connectivity index (χ2v) is 12.9. The molecule has 0 aliphatic rings. The van der Waals surface area contributed by atoms with Crippen LogP contribution in [0.15, 0.2) is 121 Å². The molecule has 0 fully saturated rings. The van der Waals surface area contributed by atoms with E-state index >= 15 is 0 Å². The number of aryl methyl sites for hydroxylation is 1. The Morgan fingerprint density at radius 2 is 1.78 bits per heavy atom. The van der Waals surface area contributed by atoms with Crippen LogP contribution >= 0.6 is 11.3 Å². The van der Waals surface area contributed by atoms with Gasteiger partial charge in [-0.3, -0.25) is 14.6 Å². The van der Waals surface area contributed by atoms with E-state index in [2.05, 4.69) is 30.9 Å². The van der Waals surface area contributed by atoms with E-state index in [0.29, 0.717) is 51.9 Å². The predicted octanol–water partition coefficient (Wildman–Crippen LogP) is 6.81. The molecule has 0 aliphatic carbocycles. The van der Waals surface area contributed by atoms with Crippen molar-refractivity contribution in [2.24, 2.45) is 0 Å². The number of aromatic nitrogens is 5. The van der Waals surface area contributed by atoms with Gasteiger partial charge < -0.3 is 25.6 Å². The van der Waals surface area contributed by atoms with Gasteiger partial charge in [0, 0.05) is 48.1 Å². The number of imidazole rings is 1. The van der Waals surface area contributed by atoms with Gasteiger partial charge in [0.05, 0.1) is 27.6 Å². The minimum atomic E-state index is -1.49. The molecule has 0 spiro atoms. The Labute approximate surface area is 298 Å². The number of carbonyl (C=O) groups excluding carboxylic acids is 2. The Kier molecular flexibility index (Phi) is 9.59. The van der Waals surface area contributed by atoms with Crippen LogP contribution in [0.3, 0.4) is 0 Å². The lowest BCUT2D eigenvalue weighted by Gasteiger charge is -2.26. The number of nitrogens with zero attached hydrogens (tertiary/aromatic N) is 5. The maximum Gasteiger partial charge on any atom is 0.255 e. The van der Waals surface area contributed by atoms with Crippen molar-refractivity contribution in [2.45, 2.75) is 25.5 Å². The zero-order chi connectivity index (χ0) is 35.3. The van der Waals surface area contributed by atoms with E-state index in [1.165, 1.54) is 11.3 Å². The minimum Gasteiger partial charge on any atom is -0.381 e. The normalized spacial score (nSPS) is 12.3. The highest BCUT2D eigenvalue weighted by molar-refractivity contribution is 7.13. The van der Waals surface area contributed by atoms with Gasteiger partial charge in [-0.15, -0.1) is 11.3 Å². The molecule has 0 saturated carbocycles. The van der Waals surface area contributed by atoms with Gasteiger partial charge in [-0.1, -0.05) is 42.5 Å². The van der Waals surface area contributed by atoms with Crippen molar-refractivity contribution in [3.05, 3.63) is 138 Å². The van der Waals surface area contributed by atoms with Crippen LogP contribution < -0.4 is 16.0 Å². The topological polar surface area (TPSA) is 147 Å². The molecule has 7 rings (SSSR count). The molecular weight excluding hydrogens is 661 g/mol. The van der Waals surface area contributed by atoms with Crippen LogP contribution in [0.4, 0.5) is 17.3 Å². The molecule has 2 amide bonds. The van der Waals surface area contributed by atoms with Gasteiger partial charge in [-0.05, 0) is 84.4 Å². The molecular formula is C39H34N8O3S. The van der Waals surface area contributed by atoms with Gasteiger partial charge in [0.25, 0.3) is 11.8 Å². The Balaban J connectivity index is 1.21. The van der Waals surface area contributed by atoms with Gasteiger partial charge in [0.2, 0.25) is 5.95 Å². The Morgan fingerprint density at radius 3 is 2.55 bits per heavy atom. The minimum absolute atomic E-state index is 0.232. The molecule has 12 heteroatoms. The Morgan fingerprint density at radius 1 is 0.922 bits per heavy atom. The molecule has 51 heavy (non-hydrogen) atoms. The zero-order valence-electron chi connectivity index (χ0n) is 27.8. The fourth-order valence-corrected chi connectivity index (χ4v) is 6.65. The highest BCUT2D eigenvalue weighted by Gasteiger charge is 2.32. The van der Waals surface area contributed by atoms with Crippen molar-refractivity contribution < 1.29 is 14.7 Å². The quantitative estimate of drug-likeness (QED) is 0.116. The van der Waals surface area contributed by atoms with Crippen molar-refractivity contribution in [2.75, 3.05) is 17.7 Å². The average Bonchev–Trinajstić information content (AvgIpc) is 3.84. The number of rotatable bonds is 11. The van der Waals surface area contributed by atoms with Crippen LogP contribution in [-0.2, 0) is 11.2 Å². The summed E-state index contributed by atoms with van der Waals surface area (Å²) in [5.41, 5.74) is 6.33. The maximum absolute atomic E-state index is 14.0. The summed E-state index contributed by atoms with van der Waals surface area (Å²) in [6, 6.07) is 29.1. The van der Waals surface area contributed by atoms with Crippen molar-refractivity contribution in [1.82, 2.24) is 29.8 Å². The summed E-state index contributed by atoms with van der Waals surface area (Å²) in [7, 11) is 1.58. The standard InChI is InChI=1S/C39H34N8O3S/c1-24-12-14-28(22-30(24)46-39-42-18-16-29(45-39)27-10-6-17-41-23-27)43-38(50)35(48)33(20-25-8-4-3-5-9-25)47-32-15-13-26(37(49)40-2)21-31(32)44-36(47)34-11-7-19-51-34/h3-19,21-23,33,35,48H,20H2,1-2H3,(H,40,49)(H,43,50)(H,42,45,46). The molecule has 0 bridgehead atoms. The van der Waals surface area contributed by atoms with E-state index < -0.39 is 18.1 Å². The van der Waals surface area contributed by atoms with E-state index in [0.717, 1.165) is 21.6 Å². The first-order valence-corrected chi connectivity index (χ1v) is 17.2. The van der Waals surface area contributed by atoms with E-state index in [1.54, 1.807) is 49.9 Å². The van der Waals surface area contributed by atoms with Gasteiger partial charge in [0.15, 0.2) is 11.9 Å². The number of aliphatic hydroxyl groups excluding tert-OH is 1. The first-order chi connectivity index (χ1) is 24.9. The SMILES string of the molecule is CNC(=O)c1ccc2c(c1)nc(-c1cccs1)n2C(Cc1ccccc1)C(O)C(=O)Nc1ccc(C)c(Nc2nccc(-c3cccnc3)n2)c1. The van der Waals surface area contributed by atoms with E-state index in [1.807, 2.05) is 89.7 Å². The summed E-state index contributed by atoms with van der Waals surface area (Å²) in [5, 5.41) is 22.8.